The van der Waals surface area contributed by atoms with Crippen molar-refractivity contribution < 1.29 is 13.2 Å². The number of rotatable bonds is 2. The lowest BCUT2D eigenvalue weighted by molar-refractivity contribution is 0.566. The van der Waals surface area contributed by atoms with Gasteiger partial charge in [-0.25, -0.2) is 13.2 Å². The van der Waals surface area contributed by atoms with Gasteiger partial charge in [-0.3, -0.25) is 0 Å². The summed E-state index contributed by atoms with van der Waals surface area (Å²) in [7, 11) is 0. The largest absolute Gasteiger partial charge is 0.360 e. The van der Waals surface area contributed by atoms with E-state index >= 15 is 0 Å². The van der Waals surface area contributed by atoms with Crippen LogP contribution in [-0.4, -0.2) is 0 Å². The van der Waals surface area contributed by atoms with Crippen LogP contribution < -0.4 is 0 Å². The molecule has 0 bridgehead atoms. The van der Waals surface area contributed by atoms with Crippen molar-refractivity contribution in [3.05, 3.63) is 78.6 Å². The first-order valence-electron chi connectivity index (χ1n) is 6.16. The summed E-state index contributed by atoms with van der Waals surface area (Å²) in [4.78, 5) is 0. The highest BCUT2D eigenvalue weighted by atomic mass is 19.1. The molecule has 0 radical (unpaired) electrons. The van der Waals surface area contributed by atoms with Crippen LogP contribution in [0.1, 0.15) is 0 Å². The molecule has 0 amide bonds. The molecule has 20 heavy (non-hydrogen) atoms. The van der Waals surface area contributed by atoms with Gasteiger partial charge in [-0.1, -0.05) is 12.1 Å². The fourth-order valence-electron chi connectivity index (χ4n) is 1.99. The Morgan fingerprint density at radius 1 is 0.600 bits per heavy atom. The number of hydrogen-bond acceptors (Lipinski definition) is 0. The van der Waals surface area contributed by atoms with E-state index < -0.39 is 0 Å². The summed E-state index contributed by atoms with van der Waals surface area (Å²) in [6.07, 6.45) is 1.57. The van der Waals surface area contributed by atoms with Crippen molar-refractivity contribution in [1.82, 2.24) is 0 Å². The smallest absolute Gasteiger partial charge is 0.216 e. The topological polar surface area (TPSA) is 11.3 Å². The molecule has 0 aliphatic carbocycles. The van der Waals surface area contributed by atoms with Gasteiger partial charge in [0.25, 0.3) is 0 Å². The Kier molecular flexibility index (Phi) is 3.25. The van der Waals surface area contributed by atoms with E-state index in [4.69, 9.17) is 4.42 Å². The summed E-state index contributed by atoms with van der Waals surface area (Å²) in [5.74, 6) is 0.0726. The third-order valence-corrected chi connectivity index (χ3v) is 3.04. The molecule has 0 atom stereocenters. The molecule has 3 heteroatoms. The Morgan fingerprint density at radius 2 is 1.15 bits per heavy atom. The fourth-order valence-corrected chi connectivity index (χ4v) is 1.99. The SMILES string of the molecule is Fc1ccc(-c2cc[o+]c(-c3ccc(F)cc3)c2)cc1. The van der Waals surface area contributed by atoms with Gasteiger partial charge in [-0.05, 0) is 47.5 Å². The molecule has 3 aromatic rings. The number of halogens is 2. The van der Waals surface area contributed by atoms with Gasteiger partial charge in [-0.2, -0.15) is 0 Å². The Balaban J connectivity index is 2.01. The summed E-state index contributed by atoms with van der Waals surface area (Å²) in [6, 6.07) is 16.0. The second kappa shape index (κ2) is 5.21. The standard InChI is InChI=1S/C17H11F2O/c18-15-5-1-12(2-6-15)14-9-10-20-17(11-14)13-3-7-16(19)8-4-13/h1-11H/q+1. The van der Waals surface area contributed by atoms with Gasteiger partial charge >= 0.3 is 12.0 Å². The lowest BCUT2D eigenvalue weighted by Crippen LogP contribution is -1.82. The minimum Gasteiger partial charge on any atom is -0.216 e. The number of hydrogen-bond donors (Lipinski definition) is 0. The molecule has 1 nitrogen and oxygen atoms in total. The van der Waals surface area contributed by atoms with Crippen molar-refractivity contribution in [2.75, 3.05) is 0 Å². The molecule has 0 saturated carbocycles. The molecule has 0 fully saturated rings. The molecular formula is C17H11F2O+. The van der Waals surface area contributed by atoms with Gasteiger partial charge in [0.2, 0.25) is 0 Å². The first-order chi connectivity index (χ1) is 9.72. The van der Waals surface area contributed by atoms with Gasteiger partial charge in [0, 0.05) is 6.07 Å². The maximum absolute atomic E-state index is 12.9. The molecule has 2 aromatic carbocycles. The van der Waals surface area contributed by atoms with Crippen molar-refractivity contribution in [3.63, 3.8) is 0 Å². The molecule has 0 aliphatic heterocycles. The second-order valence-electron chi connectivity index (χ2n) is 4.40. The van der Waals surface area contributed by atoms with Crippen LogP contribution >= 0.6 is 0 Å². The van der Waals surface area contributed by atoms with Crippen LogP contribution in [0, 0.1) is 11.6 Å². The van der Waals surface area contributed by atoms with Gasteiger partial charge in [0.05, 0.1) is 11.6 Å². The van der Waals surface area contributed by atoms with Crippen LogP contribution in [-0.2, 0) is 0 Å². The molecular weight excluding hydrogens is 258 g/mol. The van der Waals surface area contributed by atoms with Crippen LogP contribution in [0.4, 0.5) is 8.78 Å². The predicted octanol–water partition coefficient (Wildman–Crippen LogP) is 5.17. The highest BCUT2D eigenvalue weighted by molar-refractivity contribution is 5.69. The van der Waals surface area contributed by atoms with Crippen molar-refractivity contribution in [3.8, 4) is 22.5 Å². The van der Waals surface area contributed by atoms with Crippen LogP contribution in [0.5, 0.6) is 0 Å². The summed E-state index contributed by atoms with van der Waals surface area (Å²) < 4.78 is 31.3. The first kappa shape index (κ1) is 12.5. The summed E-state index contributed by atoms with van der Waals surface area (Å²) >= 11 is 0. The van der Waals surface area contributed by atoms with Gasteiger partial charge < -0.3 is 0 Å². The minimum atomic E-state index is -0.288. The molecule has 0 saturated heterocycles. The van der Waals surface area contributed by atoms with Crippen LogP contribution in [0.15, 0.2) is 71.3 Å². The van der Waals surface area contributed by atoms with Gasteiger partial charge in [-0.15, -0.1) is 0 Å². The van der Waals surface area contributed by atoms with E-state index in [-0.39, 0.29) is 11.6 Å². The van der Waals surface area contributed by atoms with Crippen molar-refractivity contribution in [2.24, 2.45) is 0 Å². The lowest BCUT2D eigenvalue weighted by Gasteiger charge is -1.99. The van der Waals surface area contributed by atoms with Crippen molar-refractivity contribution in [2.45, 2.75) is 0 Å². The van der Waals surface area contributed by atoms with E-state index in [0.29, 0.717) is 5.76 Å². The average Bonchev–Trinajstić information content (AvgIpc) is 2.49. The Morgan fingerprint density at radius 3 is 1.75 bits per heavy atom. The van der Waals surface area contributed by atoms with E-state index in [0.717, 1.165) is 16.7 Å². The molecule has 0 spiro atoms. The zero-order chi connectivity index (χ0) is 13.9. The fraction of sp³-hybridized carbons (Fsp3) is 0. The Labute approximate surface area is 115 Å². The Hall–Kier alpha value is -2.55. The predicted molar refractivity (Wildman–Crippen MR) is 73.9 cm³/mol. The molecule has 3 rings (SSSR count). The summed E-state index contributed by atoms with van der Waals surface area (Å²) in [5, 5.41) is 0. The average molecular weight is 269 g/mol. The van der Waals surface area contributed by atoms with E-state index in [1.165, 1.54) is 24.3 Å². The van der Waals surface area contributed by atoms with Crippen molar-refractivity contribution >= 4 is 0 Å². The molecule has 98 valence electrons. The third kappa shape index (κ3) is 2.57. The van der Waals surface area contributed by atoms with Crippen LogP contribution in [0.3, 0.4) is 0 Å². The molecule has 1 heterocycles. The number of benzene rings is 2. The van der Waals surface area contributed by atoms with Gasteiger partial charge in [0.1, 0.15) is 11.6 Å². The van der Waals surface area contributed by atoms with Crippen molar-refractivity contribution in [1.29, 1.82) is 0 Å². The van der Waals surface area contributed by atoms with Gasteiger partial charge in [0.15, 0.2) is 0 Å². The minimum absolute atomic E-state index is 0.270. The maximum atomic E-state index is 12.9. The van der Waals surface area contributed by atoms with E-state index in [2.05, 4.69) is 0 Å². The molecule has 0 N–H and O–H groups in total. The summed E-state index contributed by atoms with van der Waals surface area (Å²) in [5.41, 5.74) is 2.59. The van der Waals surface area contributed by atoms with E-state index in [1.54, 1.807) is 36.6 Å². The lowest BCUT2D eigenvalue weighted by atomic mass is 10.0. The molecule has 1 aromatic heterocycles. The van der Waals surface area contributed by atoms with Crippen LogP contribution in [0.2, 0.25) is 0 Å². The van der Waals surface area contributed by atoms with E-state index in [9.17, 15) is 8.78 Å². The quantitative estimate of drug-likeness (QED) is 0.584. The second-order valence-corrected chi connectivity index (χ2v) is 4.40. The van der Waals surface area contributed by atoms with Crippen LogP contribution in [0.25, 0.3) is 22.5 Å². The zero-order valence-corrected chi connectivity index (χ0v) is 10.5. The Bertz CT molecular complexity index is 658. The monoisotopic (exact) mass is 269 g/mol. The maximum Gasteiger partial charge on any atom is 0.360 e. The normalized spacial score (nSPS) is 10.5. The first-order valence-corrected chi connectivity index (χ1v) is 6.16. The van der Waals surface area contributed by atoms with E-state index in [1.807, 2.05) is 6.07 Å². The third-order valence-electron chi connectivity index (χ3n) is 3.04. The highest BCUT2D eigenvalue weighted by Gasteiger charge is 2.13. The highest BCUT2D eigenvalue weighted by Crippen LogP contribution is 2.26. The summed E-state index contributed by atoms with van der Waals surface area (Å²) in [6.45, 7) is 0. The zero-order valence-electron chi connectivity index (χ0n) is 10.5. The molecule has 0 unspecified atom stereocenters. The molecule has 0 aliphatic rings.